The normalized spacial score (nSPS) is 17.6. The van der Waals surface area contributed by atoms with E-state index in [0.29, 0.717) is 17.5 Å². The lowest BCUT2D eigenvalue weighted by Crippen LogP contribution is -2.38. The van der Waals surface area contributed by atoms with Crippen LogP contribution in [0.2, 0.25) is 0 Å². The first-order valence-electron chi connectivity index (χ1n) is 9.54. The maximum absolute atomic E-state index is 12.6. The Morgan fingerprint density at radius 1 is 1.18 bits per heavy atom. The highest BCUT2D eigenvalue weighted by Crippen LogP contribution is 2.25. The number of pyridine rings is 1. The van der Waals surface area contributed by atoms with Crippen molar-refractivity contribution in [3.05, 3.63) is 66.0 Å². The summed E-state index contributed by atoms with van der Waals surface area (Å²) in [5.74, 6) is 2.57. The van der Waals surface area contributed by atoms with Gasteiger partial charge in [-0.05, 0) is 43.5 Å². The number of carbonyl (C=O) groups is 2. The molecule has 0 spiro atoms. The molecule has 2 aromatic rings. The van der Waals surface area contributed by atoms with Gasteiger partial charge in [-0.1, -0.05) is 31.0 Å². The van der Waals surface area contributed by atoms with Crippen LogP contribution in [0.25, 0.3) is 0 Å². The van der Waals surface area contributed by atoms with Crippen molar-refractivity contribution >= 4 is 11.8 Å². The van der Waals surface area contributed by atoms with Crippen LogP contribution in [0.4, 0.5) is 0 Å². The van der Waals surface area contributed by atoms with E-state index in [1.807, 2.05) is 44.3 Å². The molecule has 1 aromatic heterocycles. The van der Waals surface area contributed by atoms with Gasteiger partial charge in [-0.3, -0.25) is 14.6 Å². The molecule has 5 nitrogen and oxygen atoms in total. The largest absolute Gasteiger partial charge is 0.353 e. The molecule has 3 rings (SSSR count). The van der Waals surface area contributed by atoms with E-state index in [4.69, 9.17) is 6.42 Å². The highest BCUT2D eigenvalue weighted by molar-refractivity contribution is 5.96. The predicted octanol–water partition coefficient (Wildman–Crippen LogP) is 3.27. The third-order valence-electron chi connectivity index (χ3n) is 4.84. The number of hydrogen-bond acceptors (Lipinski definition) is 3. The second kappa shape index (κ2) is 10.9. The fraction of sp³-hybridized carbons (Fsp3) is 0.348. The number of aromatic nitrogens is 1. The second-order valence-corrected chi connectivity index (χ2v) is 6.72. The van der Waals surface area contributed by atoms with Gasteiger partial charge in [0.05, 0.1) is 5.56 Å². The Bertz CT molecular complexity index is 787. The minimum atomic E-state index is -0.0546. The Balaban J connectivity index is 0.000000397. The van der Waals surface area contributed by atoms with Crippen molar-refractivity contribution in [1.82, 2.24) is 15.2 Å². The molecule has 0 aliphatic heterocycles. The first kappa shape index (κ1) is 21.2. The maximum Gasteiger partial charge on any atom is 0.255 e. The molecule has 0 radical (unpaired) electrons. The van der Waals surface area contributed by atoms with Gasteiger partial charge in [-0.25, -0.2) is 0 Å². The minimum absolute atomic E-state index is 0.0546. The fourth-order valence-electron chi connectivity index (χ4n) is 3.23. The molecule has 0 bridgehead atoms. The highest BCUT2D eigenvalue weighted by Gasteiger charge is 2.31. The van der Waals surface area contributed by atoms with Crippen molar-refractivity contribution in [2.75, 3.05) is 7.05 Å². The molecule has 2 amide bonds. The van der Waals surface area contributed by atoms with Crippen molar-refractivity contribution in [3.8, 4) is 12.3 Å². The molecular formula is C23H27N3O2. The van der Waals surface area contributed by atoms with Crippen LogP contribution in [0, 0.1) is 12.3 Å². The Hall–Kier alpha value is -3.13. The van der Waals surface area contributed by atoms with Crippen LogP contribution in [0.1, 0.15) is 48.5 Å². The second-order valence-electron chi connectivity index (χ2n) is 6.72. The predicted molar refractivity (Wildman–Crippen MR) is 111 cm³/mol. The first-order chi connectivity index (χ1) is 13.6. The van der Waals surface area contributed by atoms with E-state index in [9.17, 15) is 9.59 Å². The SMILES string of the molecule is C#Cc1ccccc1C(=O)N(C)[C@@H]1CC[C@H](NC(=O)CC)C1.c1ccncc1. The van der Waals surface area contributed by atoms with E-state index < -0.39 is 0 Å². The number of hydrogen-bond donors (Lipinski definition) is 1. The Kier molecular flexibility index (Phi) is 8.23. The van der Waals surface area contributed by atoms with Gasteiger partial charge in [0.1, 0.15) is 0 Å². The van der Waals surface area contributed by atoms with Crippen LogP contribution in [0.15, 0.2) is 54.9 Å². The van der Waals surface area contributed by atoms with E-state index in [-0.39, 0.29) is 23.9 Å². The van der Waals surface area contributed by atoms with Crippen LogP contribution < -0.4 is 5.32 Å². The van der Waals surface area contributed by atoms with E-state index >= 15 is 0 Å². The average molecular weight is 377 g/mol. The number of nitrogens with one attached hydrogen (secondary N) is 1. The van der Waals surface area contributed by atoms with Gasteiger partial charge in [-0.15, -0.1) is 6.42 Å². The van der Waals surface area contributed by atoms with Gasteiger partial charge in [0.25, 0.3) is 5.91 Å². The van der Waals surface area contributed by atoms with Gasteiger partial charge in [0.2, 0.25) is 5.91 Å². The molecule has 5 heteroatoms. The van der Waals surface area contributed by atoms with Gasteiger partial charge in [0.15, 0.2) is 0 Å². The smallest absolute Gasteiger partial charge is 0.255 e. The molecule has 0 unspecified atom stereocenters. The number of terminal acetylenes is 1. The van der Waals surface area contributed by atoms with E-state index in [1.165, 1.54) is 0 Å². The van der Waals surface area contributed by atoms with Crippen LogP contribution in [-0.2, 0) is 4.79 Å². The van der Waals surface area contributed by atoms with Crippen molar-refractivity contribution in [2.45, 2.75) is 44.7 Å². The summed E-state index contributed by atoms with van der Waals surface area (Å²) >= 11 is 0. The summed E-state index contributed by atoms with van der Waals surface area (Å²) < 4.78 is 0. The summed E-state index contributed by atoms with van der Waals surface area (Å²) in [6, 6.07) is 13.2. The van der Waals surface area contributed by atoms with E-state index in [0.717, 1.165) is 19.3 Å². The third-order valence-corrected chi connectivity index (χ3v) is 4.84. The number of nitrogens with zero attached hydrogens (tertiary/aromatic N) is 2. The molecule has 28 heavy (non-hydrogen) atoms. The molecule has 1 saturated carbocycles. The summed E-state index contributed by atoms with van der Waals surface area (Å²) in [6.07, 6.45) is 12.1. The molecule has 146 valence electrons. The minimum Gasteiger partial charge on any atom is -0.353 e. The van der Waals surface area contributed by atoms with Crippen LogP contribution in [0.3, 0.4) is 0 Å². The molecule has 2 atom stereocenters. The summed E-state index contributed by atoms with van der Waals surface area (Å²) in [5, 5.41) is 3.01. The summed E-state index contributed by atoms with van der Waals surface area (Å²) in [5.41, 5.74) is 1.18. The lowest BCUT2D eigenvalue weighted by Gasteiger charge is -2.25. The monoisotopic (exact) mass is 377 g/mol. The third kappa shape index (κ3) is 5.95. The van der Waals surface area contributed by atoms with Gasteiger partial charge in [-0.2, -0.15) is 0 Å². The Morgan fingerprint density at radius 3 is 2.46 bits per heavy atom. The summed E-state index contributed by atoms with van der Waals surface area (Å²) in [4.78, 5) is 29.7. The zero-order valence-electron chi connectivity index (χ0n) is 16.5. The number of rotatable bonds is 4. The molecule has 1 fully saturated rings. The Morgan fingerprint density at radius 2 is 1.89 bits per heavy atom. The van der Waals surface area contributed by atoms with Crippen LogP contribution in [0.5, 0.6) is 0 Å². The highest BCUT2D eigenvalue weighted by atomic mass is 16.2. The molecule has 1 heterocycles. The van der Waals surface area contributed by atoms with Crippen molar-refractivity contribution in [1.29, 1.82) is 0 Å². The topological polar surface area (TPSA) is 62.3 Å². The summed E-state index contributed by atoms with van der Waals surface area (Å²) in [7, 11) is 1.81. The van der Waals surface area contributed by atoms with Gasteiger partial charge < -0.3 is 10.2 Å². The first-order valence-corrected chi connectivity index (χ1v) is 9.54. The molecule has 1 N–H and O–H groups in total. The van der Waals surface area contributed by atoms with Crippen LogP contribution in [-0.4, -0.2) is 40.8 Å². The number of carbonyl (C=O) groups excluding carboxylic acids is 2. The Labute approximate surface area is 167 Å². The van der Waals surface area contributed by atoms with Gasteiger partial charge >= 0.3 is 0 Å². The molecule has 1 aromatic carbocycles. The van der Waals surface area contributed by atoms with Crippen molar-refractivity contribution < 1.29 is 9.59 Å². The molecule has 1 aliphatic carbocycles. The molecule has 0 saturated heterocycles. The zero-order chi connectivity index (χ0) is 20.4. The average Bonchev–Trinajstić information content (AvgIpc) is 3.22. The molecular weight excluding hydrogens is 350 g/mol. The standard InChI is InChI=1S/C18H22N2O2.C5H5N/c1-4-13-8-6-7-9-16(13)18(22)20(3)15-11-10-14(12-15)19-17(21)5-2;1-2-4-6-5-3-1/h1,6-9,14-15H,5,10-12H2,2-3H3,(H,19,21);1-5H/t14-,15+;/m0./s1. The lowest BCUT2D eigenvalue weighted by atomic mass is 10.1. The maximum atomic E-state index is 12.6. The van der Waals surface area contributed by atoms with E-state index in [2.05, 4.69) is 16.2 Å². The van der Waals surface area contributed by atoms with E-state index in [1.54, 1.807) is 29.4 Å². The lowest BCUT2D eigenvalue weighted by molar-refractivity contribution is -0.121. The van der Waals surface area contributed by atoms with Crippen molar-refractivity contribution in [2.24, 2.45) is 0 Å². The summed E-state index contributed by atoms with van der Waals surface area (Å²) in [6.45, 7) is 1.84. The molecule has 1 aliphatic rings. The van der Waals surface area contributed by atoms with Crippen LogP contribution >= 0.6 is 0 Å². The number of benzene rings is 1. The van der Waals surface area contributed by atoms with Gasteiger partial charge in [0, 0.05) is 43.5 Å². The zero-order valence-corrected chi connectivity index (χ0v) is 16.5. The fourth-order valence-corrected chi connectivity index (χ4v) is 3.23. The number of amides is 2. The van der Waals surface area contributed by atoms with Crippen molar-refractivity contribution in [3.63, 3.8) is 0 Å². The quantitative estimate of drug-likeness (QED) is 0.832.